The number of hydrogen-bond acceptors (Lipinski definition) is 4. The van der Waals surface area contributed by atoms with Gasteiger partial charge in [0.05, 0.1) is 6.54 Å². The monoisotopic (exact) mass is 288 g/mol. The van der Waals surface area contributed by atoms with Gasteiger partial charge in [0, 0.05) is 19.2 Å². The van der Waals surface area contributed by atoms with E-state index in [-0.39, 0.29) is 18.4 Å². The molecule has 0 atom stereocenters. The highest BCUT2D eigenvalue weighted by Gasteiger charge is 2.19. The quantitative estimate of drug-likeness (QED) is 0.801. The first-order chi connectivity index (χ1) is 10.2. The molecule has 0 bridgehead atoms. The minimum Gasteiger partial charge on any atom is -0.486 e. The smallest absolute Gasteiger partial charge is 0.247 e. The Morgan fingerprint density at radius 3 is 2.86 bits per heavy atom. The molecule has 0 aromatic heterocycles. The molecule has 0 saturated carbocycles. The van der Waals surface area contributed by atoms with E-state index in [1.807, 2.05) is 18.2 Å². The molecule has 1 aromatic carbocycles. The molecule has 0 radical (unpaired) electrons. The number of nitrogens with one attached hydrogen (secondary N) is 1. The molecule has 2 amide bonds. The molecule has 0 aliphatic carbocycles. The van der Waals surface area contributed by atoms with Crippen molar-refractivity contribution >= 4 is 17.9 Å². The van der Waals surface area contributed by atoms with Gasteiger partial charge in [-0.1, -0.05) is 6.07 Å². The molecule has 6 nitrogen and oxygen atoms in total. The van der Waals surface area contributed by atoms with Crippen molar-refractivity contribution in [2.75, 3.05) is 32.8 Å². The first-order valence-corrected chi connectivity index (χ1v) is 6.86. The van der Waals surface area contributed by atoms with Crippen molar-refractivity contribution < 1.29 is 19.1 Å². The summed E-state index contributed by atoms with van der Waals surface area (Å²) in [5, 5.41) is 2.69. The van der Waals surface area contributed by atoms with E-state index in [0.717, 1.165) is 11.3 Å². The van der Waals surface area contributed by atoms with Crippen LogP contribution in [0.2, 0.25) is 0 Å². The maximum atomic E-state index is 12.0. The van der Waals surface area contributed by atoms with Crippen LogP contribution < -0.4 is 14.8 Å². The maximum absolute atomic E-state index is 12.0. The Morgan fingerprint density at radius 1 is 1.24 bits per heavy atom. The highest BCUT2D eigenvalue weighted by atomic mass is 16.6. The van der Waals surface area contributed by atoms with Gasteiger partial charge in [0.1, 0.15) is 13.2 Å². The summed E-state index contributed by atoms with van der Waals surface area (Å²) in [5.74, 6) is 1.12. The normalized spacial score (nSPS) is 17.7. The van der Waals surface area contributed by atoms with Gasteiger partial charge in [-0.15, -0.1) is 0 Å². The number of rotatable bonds is 2. The van der Waals surface area contributed by atoms with Gasteiger partial charge < -0.3 is 19.7 Å². The fourth-order valence-electron chi connectivity index (χ4n) is 2.26. The van der Waals surface area contributed by atoms with E-state index in [1.165, 1.54) is 11.0 Å². The number of amides is 2. The largest absolute Gasteiger partial charge is 0.486 e. The van der Waals surface area contributed by atoms with Crippen LogP contribution in [0.15, 0.2) is 24.3 Å². The summed E-state index contributed by atoms with van der Waals surface area (Å²) in [7, 11) is 0. The molecule has 21 heavy (non-hydrogen) atoms. The Bertz CT molecular complexity index is 597. The van der Waals surface area contributed by atoms with Crippen molar-refractivity contribution in [3.05, 3.63) is 29.8 Å². The molecule has 1 saturated heterocycles. The van der Waals surface area contributed by atoms with Crippen molar-refractivity contribution in [3.63, 3.8) is 0 Å². The summed E-state index contributed by atoms with van der Waals surface area (Å²) in [4.78, 5) is 24.8. The van der Waals surface area contributed by atoms with Crippen molar-refractivity contribution in [2.45, 2.75) is 0 Å². The second-order valence-electron chi connectivity index (χ2n) is 4.85. The minimum absolute atomic E-state index is 0.115. The van der Waals surface area contributed by atoms with Gasteiger partial charge in [-0.25, -0.2) is 0 Å². The Hall–Kier alpha value is -2.50. The number of carbonyl (C=O) groups is 2. The van der Waals surface area contributed by atoms with Gasteiger partial charge in [-0.2, -0.15) is 0 Å². The Balaban J connectivity index is 1.68. The fraction of sp³-hybridized carbons (Fsp3) is 0.333. The highest BCUT2D eigenvalue weighted by Crippen LogP contribution is 2.31. The van der Waals surface area contributed by atoms with Crippen LogP contribution in [0.3, 0.4) is 0 Å². The summed E-state index contributed by atoms with van der Waals surface area (Å²) < 4.78 is 10.9. The van der Waals surface area contributed by atoms with Gasteiger partial charge in [-0.05, 0) is 23.8 Å². The standard InChI is InChI=1S/C15H16N2O4/c18-14-10-17(6-5-16-14)15(19)4-2-11-1-3-12-13(9-11)21-8-7-20-12/h1-4,9H,5-8,10H2,(H,16,18). The second kappa shape index (κ2) is 5.87. The summed E-state index contributed by atoms with van der Waals surface area (Å²) in [6.45, 7) is 2.24. The zero-order chi connectivity index (χ0) is 14.7. The van der Waals surface area contributed by atoms with Crippen molar-refractivity contribution in [3.8, 4) is 11.5 Å². The van der Waals surface area contributed by atoms with Crippen molar-refractivity contribution in [1.82, 2.24) is 10.2 Å². The van der Waals surface area contributed by atoms with Crippen LogP contribution in [-0.4, -0.2) is 49.6 Å². The van der Waals surface area contributed by atoms with Crippen LogP contribution in [-0.2, 0) is 9.59 Å². The average molecular weight is 288 g/mol. The zero-order valence-corrected chi connectivity index (χ0v) is 11.5. The van der Waals surface area contributed by atoms with E-state index in [2.05, 4.69) is 5.32 Å². The number of benzene rings is 1. The molecule has 1 fully saturated rings. The molecular weight excluding hydrogens is 272 g/mol. The van der Waals surface area contributed by atoms with E-state index in [9.17, 15) is 9.59 Å². The maximum Gasteiger partial charge on any atom is 0.247 e. The van der Waals surface area contributed by atoms with Crippen molar-refractivity contribution in [1.29, 1.82) is 0 Å². The molecule has 2 aliphatic rings. The summed E-state index contributed by atoms with van der Waals surface area (Å²) in [5.41, 5.74) is 0.856. The number of ether oxygens (including phenoxy) is 2. The van der Waals surface area contributed by atoms with Gasteiger partial charge in [-0.3, -0.25) is 9.59 Å². The molecule has 0 spiro atoms. The van der Waals surface area contributed by atoms with Gasteiger partial charge in [0.25, 0.3) is 0 Å². The third-order valence-corrected chi connectivity index (χ3v) is 3.33. The molecule has 3 rings (SSSR count). The lowest BCUT2D eigenvalue weighted by molar-refractivity contribution is -0.134. The molecule has 2 heterocycles. The lowest BCUT2D eigenvalue weighted by Gasteiger charge is -2.25. The number of fused-ring (bicyclic) bond motifs is 1. The van der Waals surface area contributed by atoms with Crippen LogP contribution in [0.25, 0.3) is 6.08 Å². The van der Waals surface area contributed by atoms with E-state index in [1.54, 1.807) is 6.08 Å². The van der Waals surface area contributed by atoms with Gasteiger partial charge >= 0.3 is 0 Å². The molecule has 110 valence electrons. The number of hydrogen-bond donors (Lipinski definition) is 1. The first-order valence-electron chi connectivity index (χ1n) is 6.86. The number of nitrogens with zero attached hydrogens (tertiary/aromatic N) is 1. The van der Waals surface area contributed by atoms with Crippen molar-refractivity contribution in [2.24, 2.45) is 0 Å². The molecule has 2 aliphatic heterocycles. The summed E-state index contributed by atoms with van der Waals surface area (Å²) >= 11 is 0. The zero-order valence-electron chi connectivity index (χ0n) is 11.5. The lowest BCUT2D eigenvalue weighted by Crippen LogP contribution is -2.49. The fourth-order valence-corrected chi connectivity index (χ4v) is 2.26. The molecule has 0 unspecified atom stereocenters. The topological polar surface area (TPSA) is 67.9 Å². The van der Waals surface area contributed by atoms with Crippen LogP contribution in [0.1, 0.15) is 5.56 Å². The Kier molecular flexibility index (Phi) is 3.77. The highest BCUT2D eigenvalue weighted by molar-refractivity contribution is 5.95. The Morgan fingerprint density at radius 2 is 2.05 bits per heavy atom. The lowest BCUT2D eigenvalue weighted by atomic mass is 10.1. The summed E-state index contributed by atoms with van der Waals surface area (Å²) in [6, 6.07) is 5.52. The predicted octanol–water partition coefficient (Wildman–Crippen LogP) is 0.429. The third kappa shape index (κ3) is 3.16. The third-order valence-electron chi connectivity index (χ3n) is 3.33. The van der Waals surface area contributed by atoms with Gasteiger partial charge in [0.2, 0.25) is 11.8 Å². The van der Waals surface area contributed by atoms with E-state index < -0.39 is 0 Å². The molecule has 1 N–H and O–H groups in total. The minimum atomic E-state index is -0.167. The SMILES string of the molecule is O=C1CN(C(=O)C=Cc2ccc3c(c2)OCCO3)CCN1. The predicted molar refractivity (Wildman–Crippen MR) is 76.1 cm³/mol. The number of carbonyl (C=O) groups excluding carboxylic acids is 2. The van der Waals surface area contributed by atoms with E-state index in [4.69, 9.17) is 9.47 Å². The van der Waals surface area contributed by atoms with Crippen LogP contribution in [0.4, 0.5) is 0 Å². The van der Waals surface area contributed by atoms with Crippen LogP contribution >= 0.6 is 0 Å². The molecule has 6 heteroatoms. The second-order valence-corrected chi connectivity index (χ2v) is 4.85. The average Bonchev–Trinajstić information content (AvgIpc) is 2.52. The van der Waals surface area contributed by atoms with Crippen LogP contribution in [0, 0.1) is 0 Å². The van der Waals surface area contributed by atoms with Gasteiger partial charge in [0.15, 0.2) is 11.5 Å². The van der Waals surface area contributed by atoms with E-state index >= 15 is 0 Å². The number of piperazine rings is 1. The molecule has 1 aromatic rings. The first kappa shape index (κ1) is 13.5. The summed E-state index contributed by atoms with van der Waals surface area (Å²) in [6.07, 6.45) is 3.19. The van der Waals surface area contributed by atoms with E-state index in [0.29, 0.717) is 32.1 Å². The Labute approximate surface area is 122 Å². The van der Waals surface area contributed by atoms with Crippen LogP contribution in [0.5, 0.6) is 11.5 Å². The molecular formula is C15H16N2O4.